The van der Waals surface area contributed by atoms with Gasteiger partial charge in [-0.25, -0.2) is 4.79 Å². The molecular formula is C11H17N3O4. The Morgan fingerprint density at radius 1 is 1.56 bits per heavy atom. The van der Waals surface area contributed by atoms with E-state index in [-0.39, 0.29) is 5.92 Å². The lowest BCUT2D eigenvalue weighted by Crippen LogP contribution is -2.31. The van der Waals surface area contributed by atoms with E-state index in [0.717, 1.165) is 12.8 Å². The summed E-state index contributed by atoms with van der Waals surface area (Å²) in [4.78, 5) is 11.2. The molecule has 2 atom stereocenters. The maximum Gasteiger partial charge on any atom is 0.329 e. The summed E-state index contributed by atoms with van der Waals surface area (Å²) >= 11 is 0. The Balaban J connectivity index is 2.27. The van der Waals surface area contributed by atoms with E-state index < -0.39 is 18.1 Å². The third kappa shape index (κ3) is 2.51. The minimum atomic E-state index is -1.09. The number of carboxylic acid groups (broad SMARTS) is 1. The number of hydrogen-bond acceptors (Lipinski definition) is 5. The van der Waals surface area contributed by atoms with E-state index in [0.29, 0.717) is 19.0 Å². The fourth-order valence-corrected chi connectivity index (χ4v) is 2.27. The van der Waals surface area contributed by atoms with Gasteiger partial charge in [-0.15, -0.1) is 10.2 Å². The molecule has 100 valence electrons. The van der Waals surface area contributed by atoms with E-state index in [1.807, 2.05) is 0 Å². The summed E-state index contributed by atoms with van der Waals surface area (Å²) < 4.78 is 6.73. The predicted molar refractivity (Wildman–Crippen MR) is 61.2 cm³/mol. The zero-order valence-corrected chi connectivity index (χ0v) is 10.2. The molecule has 1 aromatic rings. The minimum Gasteiger partial charge on any atom is -0.480 e. The van der Waals surface area contributed by atoms with Gasteiger partial charge < -0.3 is 19.5 Å². The first-order valence-electron chi connectivity index (χ1n) is 5.99. The number of aliphatic carboxylic acids is 1. The van der Waals surface area contributed by atoms with Crippen LogP contribution >= 0.6 is 0 Å². The molecule has 2 N–H and O–H groups in total. The molecule has 7 nitrogen and oxygen atoms in total. The van der Waals surface area contributed by atoms with E-state index in [4.69, 9.17) is 4.74 Å². The van der Waals surface area contributed by atoms with Gasteiger partial charge in [0, 0.05) is 19.1 Å². The molecule has 1 aromatic heterocycles. The molecule has 18 heavy (non-hydrogen) atoms. The van der Waals surface area contributed by atoms with Crippen LogP contribution in [0.2, 0.25) is 0 Å². The van der Waals surface area contributed by atoms with Crippen molar-refractivity contribution in [1.29, 1.82) is 0 Å². The Kier molecular flexibility index (Phi) is 3.93. The highest BCUT2D eigenvalue weighted by Crippen LogP contribution is 2.27. The quantitative estimate of drug-likeness (QED) is 0.796. The number of hydrogen-bond donors (Lipinski definition) is 2. The monoisotopic (exact) mass is 255 g/mol. The highest BCUT2D eigenvalue weighted by molar-refractivity contribution is 5.72. The first-order chi connectivity index (χ1) is 8.61. The van der Waals surface area contributed by atoms with Crippen LogP contribution in [0.3, 0.4) is 0 Å². The van der Waals surface area contributed by atoms with Gasteiger partial charge in [0.25, 0.3) is 0 Å². The second kappa shape index (κ2) is 5.45. The lowest BCUT2D eigenvalue weighted by atomic mass is 9.99. The van der Waals surface area contributed by atoms with Crippen LogP contribution in [0.4, 0.5) is 0 Å². The molecule has 2 rings (SSSR count). The predicted octanol–water partition coefficient (Wildman–Crippen LogP) is 0.179. The van der Waals surface area contributed by atoms with Gasteiger partial charge in [-0.2, -0.15) is 0 Å². The van der Waals surface area contributed by atoms with Crippen molar-refractivity contribution in [3.05, 3.63) is 12.2 Å². The fourth-order valence-electron chi connectivity index (χ4n) is 2.27. The van der Waals surface area contributed by atoms with Crippen molar-refractivity contribution in [2.75, 3.05) is 13.2 Å². The van der Waals surface area contributed by atoms with Crippen LogP contribution in [0.5, 0.6) is 0 Å². The van der Waals surface area contributed by atoms with Gasteiger partial charge in [0.1, 0.15) is 12.2 Å². The summed E-state index contributed by atoms with van der Waals surface area (Å²) in [6, 6.07) is -1.04. The van der Waals surface area contributed by atoms with Crippen molar-refractivity contribution in [3.63, 3.8) is 0 Å². The summed E-state index contributed by atoms with van der Waals surface area (Å²) in [5.74, 6) is -0.327. The summed E-state index contributed by atoms with van der Waals surface area (Å²) in [5.41, 5.74) is 0. The lowest BCUT2D eigenvalue weighted by molar-refractivity contribution is -0.144. The molecule has 0 aromatic carbocycles. The number of aliphatic hydroxyl groups is 1. The molecule has 0 radical (unpaired) electrons. The number of rotatable bonds is 4. The Labute approximate surface area is 104 Å². The third-order valence-corrected chi connectivity index (χ3v) is 3.20. The smallest absolute Gasteiger partial charge is 0.329 e. The number of nitrogens with zero attached hydrogens (tertiary/aromatic N) is 3. The summed E-state index contributed by atoms with van der Waals surface area (Å²) in [5, 5.41) is 26.6. The fraction of sp³-hybridized carbons (Fsp3) is 0.727. The van der Waals surface area contributed by atoms with Crippen LogP contribution < -0.4 is 0 Å². The number of aliphatic hydroxyl groups excluding tert-OH is 1. The normalized spacial score (nSPS) is 20.6. The molecule has 0 amide bonds. The standard InChI is InChI=1S/C11H17N3O4/c1-7(15)9(11(16)17)14-6-12-13-10(14)8-2-4-18-5-3-8/h6-9,15H,2-5H2,1H3,(H,16,17). The maximum atomic E-state index is 11.2. The molecule has 0 spiro atoms. The van der Waals surface area contributed by atoms with E-state index in [2.05, 4.69) is 10.2 Å². The van der Waals surface area contributed by atoms with Gasteiger partial charge in [-0.3, -0.25) is 0 Å². The molecule has 1 fully saturated rings. The summed E-state index contributed by atoms with van der Waals surface area (Å²) in [6.45, 7) is 2.74. The average molecular weight is 255 g/mol. The van der Waals surface area contributed by atoms with E-state index in [1.54, 1.807) is 0 Å². The molecule has 0 bridgehead atoms. The van der Waals surface area contributed by atoms with Crippen molar-refractivity contribution >= 4 is 5.97 Å². The number of carboxylic acids is 1. The van der Waals surface area contributed by atoms with Crippen molar-refractivity contribution in [1.82, 2.24) is 14.8 Å². The molecule has 0 saturated carbocycles. The molecule has 1 aliphatic heterocycles. The average Bonchev–Trinajstić information content (AvgIpc) is 2.78. The zero-order valence-electron chi connectivity index (χ0n) is 10.2. The molecule has 1 aliphatic rings. The maximum absolute atomic E-state index is 11.2. The van der Waals surface area contributed by atoms with Gasteiger partial charge in [0.05, 0.1) is 6.10 Å². The Hall–Kier alpha value is -1.47. The van der Waals surface area contributed by atoms with Gasteiger partial charge >= 0.3 is 5.97 Å². The first-order valence-corrected chi connectivity index (χ1v) is 5.99. The van der Waals surface area contributed by atoms with Crippen LogP contribution in [0, 0.1) is 0 Å². The molecule has 2 unspecified atom stereocenters. The van der Waals surface area contributed by atoms with Crippen LogP contribution in [-0.2, 0) is 9.53 Å². The molecule has 2 heterocycles. The molecule has 0 aliphatic carbocycles. The summed E-state index contributed by atoms with van der Waals surface area (Å²) in [6.07, 6.45) is 1.96. The second-order valence-electron chi connectivity index (χ2n) is 4.51. The van der Waals surface area contributed by atoms with Gasteiger partial charge in [0.15, 0.2) is 6.04 Å². The first kappa shape index (κ1) is 13.0. The lowest BCUT2D eigenvalue weighted by Gasteiger charge is -2.25. The van der Waals surface area contributed by atoms with Gasteiger partial charge in [-0.1, -0.05) is 0 Å². The topological polar surface area (TPSA) is 97.5 Å². The molecular weight excluding hydrogens is 238 g/mol. The summed E-state index contributed by atoms with van der Waals surface area (Å²) in [7, 11) is 0. The third-order valence-electron chi connectivity index (χ3n) is 3.20. The van der Waals surface area contributed by atoms with E-state index >= 15 is 0 Å². The zero-order chi connectivity index (χ0) is 13.1. The van der Waals surface area contributed by atoms with Gasteiger partial charge in [0.2, 0.25) is 0 Å². The number of carbonyl (C=O) groups is 1. The van der Waals surface area contributed by atoms with Crippen molar-refractivity contribution in [2.45, 2.75) is 37.8 Å². The van der Waals surface area contributed by atoms with E-state index in [1.165, 1.54) is 17.8 Å². The Morgan fingerprint density at radius 2 is 2.22 bits per heavy atom. The van der Waals surface area contributed by atoms with Crippen molar-refractivity contribution < 1.29 is 19.7 Å². The van der Waals surface area contributed by atoms with Crippen LogP contribution in [0.25, 0.3) is 0 Å². The SMILES string of the molecule is CC(O)C(C(=O)O)n1cnnc1C1CCOCC1. The highest BCUT2D eigenvalue weighted by atomic mass is 16.5. The van der Waals surface area contributed by atoms with Crippen molar-refractivity contribution in [2.24, 2.45) is 0 Å². The minimum absolute atomic E-state index is 0.141. The number of aromatic nitrogens is 3. The second-order valence-corrected chi connectivity index (χ2v) is 4.51. The Bertz CT molecular complexity index is 412. The largest absolute Gasteiger partial charge is 0.480 e. The van der Waals surface area contributed by atoms with Crippen LogP contribution in [-0.4, -0.2) is 50.3 Å². The van der Waals surface area contributed by atoms with Gasteiger partial charge in [-0.05, 0) is 19.8 Å². The van der Waals surface area contributed by atoms with Crippen LogP contribution in [0.1, 0.15) is 37.5 Å². The van der Waals surface area contributed by atoms with E-state index in [9.17, 15) is 15.0 Å². The number of ether oxygens (including phenoxy) is 1. The highest BCUT2D eigenvalue weighted by Gasteiger charge is 2.30. The van der Waals surface area contributed by atoms with Crippen LogP contribution in [0.15, 0.2) is 6.33 Å². The molecule has 1 saturated heterocycles. The molecule has 7 heteroatoms. The van der Waals surface area contributed by atoms with Crippen molar-refractivity contribution in [3.8, 4) is 0 Å². The Morgan fingerprint density at radius 3 is 2.78 bits per heavy atom.